The van der Waals surface area contributed by atoms with Gasteiger partial charge in [-0.3, -0.25) is 14.6 Å². The molecule has 0 aliphatic carbocycles. The molecule has 0 saturated carbocycles. The highest BCUT2D eigenvalue weighted by Crippen LogP contribution is 2.40. The Balaban J connectivity index is 1.76. The number of rotatable bonds is 8. The van der Waals surface area contributed by atoms with Crippen molar-refractivity contribution in [2.24, 2.45) is 0 Å². The van der Waals surface area contributed by atoms with Crippen molar-refractivity contribution in [2.75, 3.05) is 6.61 Å². The van der Waals surface area contributed by atoms with Gasteiger partial charge in [-0.1, -0.05) is 49.7 Å². The van der Waals surface area contributed by atoms with E-state index < -0.39 is 17.7 Å². The predicted molar refractivity (Wildman–Crippen MR) is 130 cm³/mol. The second kappa shape index (κ2) is 10.3. The summed E-state index contributed by atoms with van der Waals surface area (Å²) in [5, 5.41) is 11.3. The first-order valence-corrected chi connectivity index (χ1v) is 11.5. The van der Waals surface area contributed by atoms with Crippen molar-refractivity contribution in [1.82, 2.24) is 9.88 Å². The van der Waals surface area contributed by atoms with Gasteiger partial charge >= 0.3 is 0 Å². The number of amides is 1. The minimum absolute atomic E-state index is 0.0860. The maximum absolute atomic E-state index is 13.2. The first kappa shape index (κ1) is 23.2. The summed E-state index contributed by atoms with van der Waals surface area (Å²) in [6.07, 6.45) is 5.32. The SMILES string of the molecule is CCCCOc1ccc(/C(O)=C2\C(=O)C(=O)N(Cc3cccnc3)[C@H]2c2ccccc2)c(C)c1. The van der Waals surface area contributed by atoms with Crippen LogP contribution in [0.1, 0.15) is 48.1 Å². The van der Waals surface area contributed by atoms with Gasteiger partial charge in [0.05, 0.1) is 18.2 Å². The van der Waals surface area contributed by atoms with Crippen molar-refractivity contribution in [3.05, 3.63) is 101 Å². The zero-order valence-electron chi connectivity index (χ0n) is 19.4. The fourth-order valence-electron chi connectivity index (χ4n) is 4.18. The summed E-state index contributed by atoms with van der Waals surface area (Å²) < 4.78 is 5.77. The van der Waals surface area contributed by atoms with Gasteiger partial charge in [0, 0.05) is 24.5 Å². The number of pyridine rings is 1. The summed E-state index contributed by atoms with van der Waals surface area (Å²) in [5.74, 6) is -0.813. The zero-order valence-corrected chi connectivity index (χ0v) is 19.4. The summed E-state index contributed by atoms with van der Waals surface area (Å²) in [4.78, 5) is 31.9. The van der Waals surface area contributed by atoms with Gasteiger partial charge in [0.2, 0.25) is 0 Å². The minimum atomic E-state index is -0.707. The maximum atomic E-state index is 13.2. The highest BCUT2D eigenvalue weighted by atomic mass is 16.5. The van der Waals surface area contributed by atoms with Crippen LogP contribution in [0.15, 0.2) is 78.6 Å². The lowest BCUT2D eigenvalue weighted by molar-refractivity contribution is -0.140. The third kappa shape index (κ3) is 4.71. The standard InChI is InChI=1S/C28H28N2O4/c1-3-4-15-34-22-12-13-23(19(2)16-22)26(31)24-25(21-10-6-5-7-11-21)30(28(33)27(24)32)18-20-9-8-14-29-17-20/h5-14,16-17,25,31H,3-4,15,18H2,1-2H3/b26-24+/t25-/m0/s1. The van der Waals surface area contributed by atoms with E-state index in [1.54, 1.807) is 30.6 Å². The number of likely N-dealkylation sites (tertiary alicyclic amines) is 1. The van der Waals surface area contributed by atoms with Crippen molar-refractivity contribution in [1.29, 1.82) is 0 Å². The van der Waals surface area contributed by atoms with Crippen LogP contribution in [0.5, 0.6) is 5.75 Å². The number of unbranched alkanes of at least 4 members (excludes halogenated alkanes) is 1. The molecule has 1 saturated heterocycles. The summed E-state index contributed by atoms with van der Waals surface area (Å²) in [6.45, 7) is 4.78. The van der Waals surface area contributed by atoms with E-state index in [9.17, 15) is 14.7 Å². The predicted octanol–water partition coefficient (Wildman–Crippen LogP) is 5.19. The molecule has 174 valence electrons. The zero-order chi connectivity index (χ0) is 24.1. The maximum Gasteiger partial charge on any atom is 0.295 e. The molecule has 2 heterocycles. The average Bonchev–Trinajstić information content (AvgIpc) is 3.10. The lowest BCUT2D eigenvalue weighted by atomic mass is 9.94. The molecule has 1 aliphatic rings. The van der Waals surface area contributed by atoms with E-state index >= 15 is 0 Å². The summed E-state index contributed by atoms with van der Waals surface area (Å²) in [5.41, 5.74) is 2.90. The number of Topliss-reactive ketones (excluding diaryl/α,β-unsaturated/α-hetero) is 1. The molecule has 1 atom stereocenters. The number of ketones is 1. The van der Waals surface area contributed by atoms with Crippen LogP contribution in [0.25, 0.3) is 5.76 Å². The molecule has 34 heavy (non-hydrogen) atoms. The molecule has 0 bridgehead atoms. The van der Waals surface area contributed by atoms with Crippen LogP contribution < -0.4 is 4.74 Å². The van der Waals surface area contributed by atoms with Crippen LogP contribution in [0.2, 0.25) is 0 Å². The van der Waals surface area contributed by atoms with Crippen molar-refractivity contribution in [3.8, 4) is 5.75 Å². The van der Waals surface area contributed by atoms with Crippen molar-refractivity contribution < 1.29 is 19.4 Å². The monoisotopic (exact) mass is 456 g/mol. The second-order valence-corrected chi connectivity index (χ2v) is 8.38. The van der Waals surface area contributed by atoms with E-state index in [0.717, 1.165) is 29.5 Å². The van der Waals surface area contributed by atoms with Gasteiger partial charge in [-0.2, -0.15) is 0 Å². The number of hydrogen-bond acceptors (Lipinski definition) is 5. The molecule has 3 aromatic rings. The fourth-order valence-corrected chi connectivity index (χ4v) is 4.18. The van der Waals surface area contributed by atoms with Crippen LogP contribution in [0.4, 0.5) is 0 Å². The molecule has 1 aliphatic heterocycles. The van der Waals surface area contributed by atoms with Gasteiger partial charge in [0.15, 0.2) is 0 Å². The average molecular weight is 457 g/mol. The Kier molecular flexibility index (Phi) is 7.07. The normalized spacial score (nSPS) is 17.2. The number of aromatic nitrogens is 1. The lowest BCUT2D eigenvalue weighted by Crippen LogP contribution is -2.29. The molecule has 1 amide bonds. The molecule has 6 nitrogen and oxygen atoms in total. The van der Waals surface area contributed by atoms with E-state index in [2.05, 4.69) is 11.9 Å². The Bertz CT molecular complexity index is 1210. The van der Waals surface area contributed by atoms with Crippen LogP contribution in [-0.2, 0) is 16.1 Å². The van der Waals surface area contributed by atoms with Crippen LogP contribution in [-0.4, -0.2) is 33.3 Å². The Morgan fingerprint density at radius 3 is 2.56 bits per heavy atom. The van der Waals surface area contributed by atoms with Gasteiger partial charge < -0.3 is 14.7 Å². The molecule has 1 fully saturated rings. The molecule has 1 N–H and O–H groups in total. The molecular formula is C28H28N2O4. The quantitative estimate of drug-likeness (QED) is 0.218. The van der Waals surface area contributed by atoms with Crippen molar-refractivity contribution in [2.45, 2.75) is 39.3 Å². The van der Waals surface area contributed by atoms with E-state index in [1.165, 1.54) is 4.90 Å². The van der Waals surface area contributed by atoms with Gasteiger partial charge in [-0.25, -0.2) is 0 Å². The molecule has 4 rings (SSSR count). The first-order chi connectivity index (χ1) is 16.5. The summed E-state index contributed by atoms with van der Waals surface area (Å²) in [7, 11) is 0. The van der Waals surface area contributed by atoms with Gasteiger partial charge in [0.1, 0.15) is 11.5 Å². The van der Waals surface area contributed by atoms with E-state index in [1.807, 2.05) is 49.4 Å². The number of aryl methyl sites for hydroxylation is 1. The lowest BCUT2D eigenvalue weighted by Gasteiger charge is -2.25. The van der Waals surface area contributed by atoms with Crippen LogP contribution in [0, 0.1) is 6.92 Å². The van der Waals surface area contributed by atoms with Crippen LogP contribution in [0.3, 0.4) is 0 Å². The second-order valence-electron chi connectivity index (χ2n) is 8.38. The Morgan fingerprint density at radius 2 is 1.88 bits per heavy atom. The molecule has 0 spiro atoms. The molecule has 2 aromatic carbocycles. The number of carbonyl (C=O) groups excluding carboxylic acids is 2. The molecular weight excluding hydrogens is 428 g/mol. The molecule has 6 heteroatoms. The number of nitrogens with zero attached hydrogens (tertiary/aromatic N) is 2. The highest BCUT2D eigenvalue weighted by molar-refractivity contribution is 6.46. The largest absolute Gasteiger partial charge is 0.507 e. The Hall–Kier alpha value is -3.93. The number of hydrogen-bond donors (Lipinski definition) is 1. The molecule has 0 unspecified atom stereocenters. The van der Waals surface area contributed by atoms with Crippen LogP contribution >= 0.6 is 0 Å². The summed E-state index contributed by atoms with van der Waals surface area (Å²) in [6, 6.07) is 17.6. The van der Waals surface area contributed by atoms with E-state index in [0.29, 0.717) is 17.9 Å². The minimum Gasteiger partial charge on any atom is -0.507 e. The first-order valence-electron chi connectivity index (χ1n) is 11.5. The van der Waals surface area contributed by atoms with Crippen molar-refractivity contribution in [3.63, 3.8) is 0 Å². The fraction of sp³-hybridized carbons (Fsp3) is 0.250. The topological polar surface area (TPSA) is 79.7 Å². The third-order valence-corrected chi connectivity index (χ3v) is 5.95. The smallest absolute Gasteiger partial charge is 0.295 e. The van der Waals surface area contributed by atoms with E-state index in [4.69, 9.17) is 4.74 Å². The number of ether oxygens (including phenoxy) is 1. The molecule has 0 radical (unpaired) electrons. The number of aliphatic hydroxyl groups is 1. The number of aliphatic hydroxyl groups excluding tert-OH is 1. The number of benzene rings is 2. The van der Waals surface area contributed by atoms with E-state index in [-0.39, 0.29) is 17.9 Å². The molecule has 1 aromatic heterocycles. The van der Waals surface area contributed by atoms with Crippen molar-refractivity contribution >= 4 is 17.4 Å². The Morgan fingerprint density at radius 1 is 1.09 bits per heavy atom. The number of carbonyl (C=O) groups is 2. The Labute approximate surface area is 199 Å². The third-order valence-electron chi connectivity index (χ3n) is 5.95. The van der Waals surface area contributed by atoms with Gasteiger partial charge in [0.25, 0.3) is 11.7 Å². The highest BCUT2D eigenvalue weighted by Gasteiger charge is 2.46. The summed E-state index contributed by atoms with van der Waals surface area (Å²) >= 11 is 0. The van der Waals surface area contributed by atoms with Gasteiger partial charge in [-0.05, 0) is 54.3 Å². The van der Waals surface area contributed by atoms with Gasteiger partial charge in [-0.15, -0.1) is 0 Å².